The molecular formula is C41H48F2N6O7S. The van der Waals surface area contributed by atoms with Crippen molar-refractivity contribution in [2.75, 3.05) is 65.6 Å². The smallest absolute Gasteiger partial charge is 0.261 e. The highest BCUT2D eigenvalue weighted by Crippen LogP contribution is 2.42. The lowest BCUT2D eigenvalue weighted by atomic mass is 9.76. The lowest BCUT2D eigenvalue weighted by Gasteiger charge is -2.36. The summed E-state index contributed by atoms with van der Waals surface area (Å²) in [5, 5.41) is 3.73. The van der Waals surface area contributed by atoms with E-state index in [-0.39, 0.29) is 11.9 Å². The fourth-order valence-corrected chi connectivity index (χ4v) is 7.70. The molecule has 0 radical (unpaired) electrons. The highest BCUT2D eigenvalue weighted by Gasteiger charge is 2.42. The van der Waals surface area contributed by atoms with Crippen LogP contribution in [0.15, 0.2) is 79.0 Å². The highest BCUT2D eigenvalue weighted by molar-refractivity contribution is 7.85. The van der Waals surface area contributed by atoms with Crippen molar-refractivity contribution in [3.05, 3.63) is 107 Å². The van der Waals surface area contributed by atoms with E-state index in [1.54, 1.807) is 23.1 Å². The molecule has 2 aliphatic rings. The van der Waals surface area contributed by atoms with Crippen molar-refractivity contribution in [1.29, 1.82) is 0 Å². The highest BCUT2D eigenvalue weighted by atomic mass is 32.2. The van der Waals surface area contributed by atoms with Crippen LogP contribution < -0.4 is 19.5 Å². The molecule has 0 aliphatic carbocycles. The van der Waals surface area contributed by atoms with Crippen molar-refractivity contribution in [3.63, 3.8) is 0 Å². The number of para-hydroxylation sites is 2. The molecule has 4 heterocycles. The first-order chi connectivity index (χ1) is 27.3. The predicted molar refractivity (Wildman–Crippen MR) is 213 cm³/mol. The molecule has 2 fully saturated rings. The lowest BCUT2D eigenvalue weighted by molar-refractivity contribution is 0.0779. The molecule has 1 atom stereocenters. The molecule has 7 rings (SSSR count). The van der Waals surface area contributed by atoms with Crippen molar-refractivity contribution in [2.45, 2.75) is 43.7 Å². The van der Waals surface area contributed by atoms with E-state index in [2.05, 4.69) is 25.8 Å². The number of anilines is 1. The Kier molecular flexibility index (Phi) is 12.9. The number of hydrogen-bond donors (Lipinski definition) is 2. The summed E-state index contributed by atoms with van der Waals surface area (Å²) in [7, 11) is 0.864. The van der Waals surface area contributed by atoms with E-state index in [1.165, 1.54) is 33.5 Å². The van der Waals surface area contributed by atoms with Gasteiger partial charge in [0, 0.05) is 49.4 Å². The number of carbonyl (C=O) groups excluding carboxylic acids is 1. The summed E-state index contributed by atoms with van der Waals surface area (Å²) in [5.74, 6) is 0.0631. The topological polar surface area (TPSA) is 148 Å². The maximum Gasteiger partial charge on any atom is 0.261 e. The Labute approximate surface area is 331 Å². The second kappa shape index (κ2) is 17.9. The molecule has 0 spiro atoms. The third kappa shape index (κ3) is 9.98. The number of amides is 1. The van der Waals surface area contributed by atoms with Crippen LogP contribution in [-0.2, 0) is 22.1 Å². The third-order valence-corrected chi connectivity index (χ3v) is 10.6. The van der Waals surface area contributed by atoms with E-state index in [0.29, 0.717) is 67.1 Å². The van der Waals surface area contributed by atoms with Crippen LogP contribution in [-0.4, -0.2) is 110 Å². The van der Waals surface area contributed by atoms with E-state index >= 15 is 0 Å². The van der Waals surface area contributed by atoms with E-state index < -0.39 is 27.2 Å². The van der Waals surface area contributed by atoms with Crippen LogP contribution in [0.5, 0.6) is 17.2 Å². The SMILES string of the molecule is COc1cc(C(=O)N2CCC(CCN3CCC(Nc4nc5ccccc5n4Cc4ccccn4)CC3)(c3ccc(F)c(F)c3)C2)cc(OC)c1OC.CS(=O)(=O)O. The van der Waals surface area contributed by atoms with Gasteiger partial charge in [-0.25, -0.2) is 13.8 Å². The minimum Gasteiger partial charge on any atom is -0.493 e. The summed E-state index contributed by atoms with van der Waals surface area (Å²) in [6.45, 7) is 3.97. The van der Waals surface area contributed by atoms with Crippen LogP contribution in [0.1, 0.15) is 47.3 Å². The van der Waals surface area contributed by atoms with Gasteiger partial charge in [0.1, 0.15) is 0 Å². The van der Waals surface area contributed by atoms with Crippen LogP contribution in [0.3, 0.4) is 0 Å². The van der Waals surface area contributed by atoms with E-state index in [0.717, 1.165) is 55.2 Å². The largest absolute Gasteiger partial charge is 0.493 e. The second-order valence-electron chi connectivity index (χ2n) is 14.4. The first-order valence-electron chi connectivity index (χ1n) is 18.6. The van der Waals surface area contributed by atoms with E-state index in [4.69, 9.17) is 23.7 Å². The Bertz CT molecular complexity index is 2250. The van der Waals surface area contributed by atoms with Gasteiger partial charge in [0.25, 0.3) is 16.0 Å². The van der Waals surface area contributed by atoms with Gasteiger partial charge in [-0.05, 0) is 86.3 Å². The Balaban J connectivity index is 0.00000103. The maximum atomic E-state index is 14.7. The van der Waals surface area contributed by atoms with Crippen LogP contribution >= 0.6 is 0 Å². The van der Waals surface area contributed by atoms with Crippen LogP contribution in [0.25, 0.3) is 11.0 Å². The standard InChI is InChI=1S/C40H44F2N6O4.CH4O3S/c1-50-35-22-27(23-36(51-2)37(35)52-3)38(49)47-21-16-40(26-47,28-11-12-31(41)32(42)24-28)15-20-46-18-13-29(14-19-46)44-39-45-33-9-4-5-10-34(33)48(39)25-30-8-6-7-17-43-30;1-5(2,3)4/h4-12,17,22-24,29H,13-16,18-21,25-26H2,1-3H3,(H,44,45);1H3,(H,2,3,4). The maximum absolute atomic E-state index is 14.7. The van der Waals surface area contributed by atoms with Gasteiger partial charge in [0.2, 0.25) is 11.7 Å². The summed E-state index contributed by atoms with van der Waals surface area (Å²) in [6.07, 6.45) is 5.69. The molecule has 1 unspecified atom stereocenters. The van der Waals surface area contributed by atoms with Crippen LogP contribution in [0.4, 0.5) is 14.7 Å². The number of hydrogen-bond acceptors (Lipinski definition) is 10. The van der Waals surface area contributed by atoms with Gasteiger partial charge in [-0.1, -0.05) is 24.3 Å². The zero-order valence-electron chi connectivity index (χ0n) is 32.5. The second-order valence-corrected chi connectivity index (χ2v) is 15.8. The zero-order valence-corrected chi connectivity index (χ0v) is 33.3. The molecule has 5 aromatic rings. The minimum absolute atomic E-state index is 0.190. The number of imidazole rings is 1. The number of ether oxygens (including phenoxy) is 3. The van der Waals surface area contributed by atoms with Crippen molar-refractivity contribution >= 4 is 33.0 Å². The number of nitrogens with one attached hydrogen (secondary N) is 1. The van der Waals surface area contributed by atoms with Gasteiger partial charge in [0.05, 0.1) is 50.9 Å². The molecule has 0 saturated carbocycles. The summed E-state index contributed by atoms with van der Waals surface area (Å²) >= 11 is 0. The molecule has 3 aromatic carbocycles. The number of methoxy groups -OCH3 is 3. The van der Waals surface area contributed by atoms with Gasteiger partial charge in [-0.2, -0.15) is 8.42 Å². The molecule has 16 heteroatoms. The van der Waals surface area contributed by atoms with Crippen LogP contribution in [0, 0.1) is 11.6 Å². The van der Waals surface area contributed by atoms with Crippen molar-refractivity contribution in [2.24, 2.45) is 0 Å². The number of pyridine rings is 1. The zero-order chi connectivity index (χ0) is 40.7. The number of benzene rings is 3. The molecule has 2 aromatic heterocycles. The normalized spacial score (nSPS) is 17.6. The lowest BCUT2D eigenvalue weighted by Crippen LogP contribution is -2.42. The van der Waals surface area contributed by atoms with Crippen molar-refractivity contribution in [3.8, 4) is 17.2 Å². The molecule has 2 N–H and O–H groups in total. The van der Waals surface area contributed by atoms with Gasteiger partial charge >= 0.3 is 0 Å². The Hall–Kier alpha value is -5.32. The number of nitrogens with zero attached hydrogens (tertiary/aromatic N) is 5. The van der Waals surface area contributed by atoms with Gasteiger partial charge in [0.15, 0.2) is 23.1 Å². The van der Waals surface area contributed by atoms with E-state index in [1.807, 2.05) is 42.6 Å². The number of carbonyl (C=O) groups is 1. The van der Waals surface area contributed by atoms with Crippen molar-refractivity contribution < 1.29 is 40.8 Å². The number of fused-ring (bicyclic) bond motifs is 1. The first-order valence-corrected chi connectivity index (χ1v) is 20.5. The Morgan fingerprint density at radius 1 is 0.930 bits per heavy atom. The minimum atomic E-state index is -3.67. The predicted octanol–water partition coefficient (Wildman–Crippen LogP) is 6.04. The van der Waals surface area contributed by atoms with Crippen molar-refractivity contribution in [1.82, 2.24) is 24.3 Å². The fraction of sp³-hybridized carbons (Fsp3) is 0.390. The first kappa shape index (κ1) is 41.3. The van der Waals surface area contributed by atoms with Gasteiger partial charge < -0.3 is 33.9 Å². The molecule has 13 nitrogen and oxygen atoms in total. The third-order valence-electron chi connectivity index (χ3n) is 10.6. The molecule has 2 aliphatic heterocycles. The number of rotatable bonds is 12. The molecule has 1 amide bonds. The summed E-state index contributed by atoms with van der Waals surface area (Å²) in [4.78, 5) is 27.6. The fourth-order valence-electron chi connectivity index (χ4n) is 7.70. The number of halogens is 2. The summed E-state index contributed by atoms with van der Waals surface area (Å²) < 4.78 is 73.3. The molecule has 0 bridgehead atoms. The molecule has 304 valence electrons. The number of likely N-dealkylation sites (tertiary alicyclic amines) is 2. The van der Waals surface area contributed by atoms with E-state index in [9.17, 15) is 22.0 Å². The Morgan fingerprint density at radius 2 is 1.61 bits per heavy atom. The van der Waals surface area contributed by atoms with Gasteiger partial charge in [-0.15, -0.1) is 0 Å². The number of aromatic nitrogens is 3. The molecular weight excluding hydrogens is 759 g/mol. The Morgan fingerprint density at radius 3 is 2.25 bits per heavy atom. The van der Waals surface area contributed by atoms with Gasteiger partial charge in [-0.3, -0.25) is 14.3 Å². The summed E-state index contributed by atoms with van der Waals surface area (Å²) in [6, 6.07) is 21.8. The number of piperidine rings is 1. The summed E-state index contributed by atoms with van der Waals surface area (Å²) in [5.41, 5.74) is 3.53. The average Bonchev–Trinajstić information content (AvgIpc) is 3.79. The van der Waals surface area contributed by atoms with Crippen LogP contribution in [0.2, 0.25) is 0 Å². The monoisotopic (exact) mass is 806 g/mol. The quantitative estimate of drug-likeness (QED) is 0.142. The molecule has 2 saturated heterocycles. The molecule has 57 heavy (non-hydrogen) atoms. The average molecular weight is 807 g/mol.